The van der Waals surface area contributed by atoms with Crippen molar-refractivity contribution in [3.63, 3.8) is 0 Å². The number of aromatic nitrogens is 3. The van der Waals surface area contributed by atoms with Gasteiger partial charge in [0.15, 0.2) is 0 Å². The maximum absolute atomic E-state index is 4.52. The second-order valence-corrected chi connectivity index (χ2v) is 7.50. The molecule has 2 fully saturated rings. The summed E-state index contributed by atoms with van der Waals surface area (Å²) in [6.45, 7) is 9.08. The molecule has 0 spiro atoms. The van der Waals surface area contributed by atoms with E-state index in [1.807, 2.05) is 12.3 Å². The second-order valence-electron chi connectivity index (χ2n) is 7.50. The molecule has 0 saturated carbocycles. The summed E-state index contributed by atoms with van der Waals surface area (Å²) in [7, 11) is 0. The highest BCUT2D eigenvalue weighted by Crippen LogP contribution is 2.24. The maximum atomic E-state index is 4.52. The van der Waals surface area contributed by atoms with Crippen LogP contribution in [0.4, 0.5) is 5.82 Å². The fraction of sp³-hybridized carbons (Fsp3) is 0.579. The number of rotatable bonds is 4. The third-order valence-corrected chi connectivity index (χ3v) is 5.95. The van der Waals surface area contributed by atoms with Crippen LogP contribution in [0.3, 0.4) is 0 Å². The van der Waals surface area contributed by atoms with Crippen molar-refractivity contribution in [1.29, 1.82) is 0 Å². The number of fused-ring (bicyclic) bond motifs is 1. The molecular weight excluding hydrogens is 312 g/mol. The van der Waals surface area contributed by atoms with Crippen molar-refractivity contribution in [3.05, 3.63) is 41.9 Å². The van der Waals surface area contributed by atoms with Crippen LogP contribution in [-0.2, 0) is 19.5 Å². The van der Waals surface area contributed by atoms with Crippen molar-refractivity contribution in [2.24, 2.45) is 0 Å². The highest BCUT2D eigenvalue weighted by molar-refractivity contribution is 5.38. The van der Waals surface area contributed by atoms with Gasteiger partial charge in [-0.05, 0) is 25.0 Å². The number of anilines is 1. The SMILES string of the molecule is c1ccc(N2CCN(C3CN(Cc4cnn5c4CCC5)C3)CC2)nc1. The van der Waals surface area contributed by atoms with Gasteiger partial charge < -0.3 is 4.90 Å². The predicted molar refractivity (Wildman–Crippen MR) is 97.6 cm³/mol. The van der Waals surface area contributed by atoms with E-state index in [0.29, 0.717) is 0 Å². The molecular formula is C19H26N6. The zero-order valence-electron chi connectivity index (χ0n) is 14.7. The Kier molecular flexibility index (Phi) is 3.94. The third-order valence-electron chi connectivity index (χ3n) is 5.95. The van der Waals surface area contributed by atoms with Crippen molar-refractivity contribution in [1.82, 2.24) is 24.6 Å². The Morgan fingerprint density at radius 1 is 1.04 bits per heavy atom. The van der Waals surface area contributed by atoms with Crippen molar-refractivity contribution in [3.8, 4) is 0 Å². The van der Waals surface area contributed by atoms with Gasteiger partial charge in [0.1, 0.15) is 5.82 Å². The number of piperazine rings is 1. The highest BCUT2D eigenvalue weighted by atomic mass is 15.4. The number of hydrogen-bond donors (Lipinski definition) is 0. The molecule has 6 nitrogen and oxygen atoms in total. The van der Waals surface area contributed by atoms with Gasteiger partial charge in [-0.15, -0.1) is 0 Å². The molecule has 132 valence electrons. The lowest BCUT2D eigenvalue weighted by Gasteiger charge is -2.48. The Morgan fingerprint density at radius 3 is 2.72 bits per heavy atom. The number of nitrogens with zero attached hydrogens (tertiary/aromatic N) is 6. The van der Waals surface area contributed by atoms with E-state index in [2.05, 4.69) is 47.8 Å². The van der Waals surface area contributed by atoms with Crippen LogP contribution in [-0.4, -0.2) is 69.9 Å². The van der Waals surface area contributed by atoms with Gasteiger partial charge in [0.05, 0.1) is 6.20 Å². The molecule has 0 aromatic carbocycles. The van der Waals surface area contributed by atoms with Gasteiger partial charge in [-0.3, -0.25) is 14.5 Å². The molecule has 3 aliphatic heterocycles. The van der Waals surface area contributed by atoms with Gasteiger partial charge >= 0.3 is 0 Å². The van der Waals surface area contributed by atoms with Gasteiger partial charge in [0.2, 0.25) is 0 Å². The summed E-state index contributed by atoms with van der Waals surface area (Å²) in [4.78, 5) is 12.1. The molecule has 5 rings (SSSR count). The molecule has 0 radical (unpaired) electrons. The number of aryl methyl sites for hydroxylation is 1. The highest BCUT2D eigenvalue weighted by Gasteiger charge is 2.34. The number of likely N-dealkylation sites (tertiary alicyclic amines) is 1. The summed E-state index contributed by atoms with van der Waals surface area (Å²) < 4.78 is 2.20. The number of pyridine rings is 1. The lowest BCUT2D eigenvalue weighted by Crippen LogP contribution is -2.62. The first-order valence-corrected chi connectivity index (χ1v) is 9.53. The molecule has 2 aromatic rings. The molecule has 2 saturated heterocycles. The van der Waals surface area contributed by atoms with Crippen LogP contribution >= 0.6 is 0 Å². The van der Waals surface area contributed by atoms with E-state index in [0.717, 1.165) is 51.1 Å². The Bertz CT molecular complexity index is 713. The lowest BCUT2D eigenvalue weighted by molar-refractivity contribution is 0.0254. The van der Waals surface area contributed by atoms with Crippen LogP contribution in [0.2, 0.25) is 0 Å². The van der Waals surface area contributed by atoms with Crippen molar-refractivity contribution in [2.75, 3.05) is 44.2 Å². The van der Waals surface area contributed by atoms with E-state index < -0.39 is 0 Å². The first-order valence-electron chi connectivity index (χ1n) is 9.53. The van der Waals surface area contributed by atoms with Crippen LogP contribution in [0.25, 0.3) is 0 Å². The monoisotopic (exact) mass is 338 g/mol. The predicted octanol–water partition coefficient (Wildman–Crippen LogP) is 1.23. The van der Waals surface area contributed by atoms with Gasteiger partial charge in [0.25, 0.3) is 0 Å². The molecule has 2 aromatic heterocycles. The average molecular weight is 338 g/mol. The summed E-state index contributed by atoms with van der Waals surface area (Å²) in [6.07, 6.45) is 6.45. The molecule has 25 heavy (non-hydrogen) atoms. The van der Waals surface area contributed by atoms with E-state index >= 15 is 0 Å². The van der Waals surface area contributed by atoms with Gasteiger partial charge in [-0.25, -0.2) is 4.98 Å². The minimum Gasteiger partial charge on any atom is -0.354 e. The van der Waals surface area contributed by atoms with Gasteiger partial charge in [-0.1, -0.05) is 6.07 Å². The largest absolute Gasteiger partial charge is 0.354 e. The molecule has 0 unspecified atom stereocenters. The van der Waals surface area contributed by atoms with Crippen LogP contribution in [0.5, 0.6) is 0 Å². The van der Waals surface area contributed by atoms with Gasteiger partial charge in [0, 0.05) is 75.9 Å². The Morgan fingerprint density at radius 2 is 1.92 bits per heavy atom. The van der Waals surface area contributed by atoms with Crippen molar-refractivity contribution >= 4 is 5.82 Å². The zero-order chi connectivity index (χ0) is 16.6. The van der Waals surface area contributed by atoms with Crippen molar-refractivity contribution < 1.29 is 0 Å². The summed E-state index contributed by atoms with van der Waals surface area (Å²) in [5.74, 6) is 1.12. The standard InChI is InChI=1S/C19H26N6/c1-2-6-20-19(5-1)24-10-8-23(9-11-24)17-14-22(15-17)13-16-12-21-25-7-3-4-18(16)25/h1-2,5-6,12,17H,3-4,7-11,13-15H2. The first kappa shape index (κ1) is 15.3. The Hall–Kier alpha value is -1.92. The molecule has 6 heteroatoms. The lowest BCUT2D eigenvalue weighted by atomic mass is 10.0. The average Bonchev–Trinajstić information content (AvgIpc) is 3.23. The molecule has 0 N–H and O–H groups in total. The van der Waals surface area contributed by atoms with Crippen molar-refractivity contribution in [2.45, 2.75) is 32.0 Å². The molecule has 0 bridgehead atoms. The summed E-state index contributed by atoms with van der Waals surface area (Å²) >= 11 is 0. The minimum absolute atomic E-state index is 0.731. The zero-order valence-corrected chi connectivity index (χ0v) is 14.7. The smallest absolute Gasteiger partial charge is 0.128 e. The fourth-order valence-electron chi connectivity index (χ4n) is 4.46. The molecule has 0 atom stereocenters. The molecule has 3 aliphatic rings. The van der Waals surface area contributed by atoms with Gasteiger partial charge in [-0.2, -0.15) is 5.10 Å². The normalized spacial score (nSPS) is 22.2. The van der Waals surface area contributed by atoms with Crippen LogP contribution in [0.1, 0.15) is 17.7 Å². The summed E-state index contributed by atoms with van der Waals surface area (Å²) in [5.41, 5.74) is 2.93. The Balaban J connectivity index is 1.11. The Labute approximate surface area is 149 Å². The van der Waals surface area contributed by atoms with E-state index in [1.54, 1.807) is 0 Å². The molecule has 0 amide bonds. The van der Waals surface area contributed by atoms with Crippen LogP contribution < -0.4 is 4.90 Å². The fourth-order valence-corrected chi connectivity index (χ4v) is 4.46. The van der Waals surface area contributed by atoms with E-state index in [4.69, 9.17) is 0 Å². The minimum atomic E-state index is 0.731. The number of hydrogen-bond acceptors (Lipinski definition) is 5. The van der Waals surface area contributed by atoms with E-state index in [-0.39, 0.29) is 0 Å². The summed E-state index contributed by atoms with van der Waals surface area (Å²) in [6, 6.07) is 6.91. The quantitative estimate of drug-likeness (QED) is 0.839. The van der Waals surface area contributed by atoms with E-state index in [1.165, 1.54) is 37.2 Å². The topological polar surface area (TPSA) is 40.4 Å². The van der Waals surface area contributed by atoms with E-state index in [9.17, 15) is 0 Å². The molecule has 5 heterocycles. The maximum Gasteiger partial charge on any atom is 0.128 e. The van der Waals surface area contributed by atoms with Crippen LogP contribution in [0, 0.1) is 0 Å². The summed E-state index contributed by atoms with van der Waals surface area (Å²) in [5, 5.41) is 4.52. The van der Waals surface area contributed by atoms with Crippen LogP contribution in [0.15, 0.2) is 30.6 Å². The second kappa shape index (κ2) is 6.42. The molecule has 0 aliphatic carbocycles. The first-order chi connectivity index (χ1) is 12.4. The third kappa shape index (κ3) is 2.93.